The summed E-state index contributed by atoms with van der Waals surface area (Å²) in [6.07, 6.45) is 0.599. The van der Waals surface area contributed by atoms with E-state index in [0.717, 1.165) is 5.56 Å². The van der Waals surface area contributed by atoms with Gasteiger partial charge in [0.2, 0.25) is 5.91 Å². The van der Waals surface area contributed by atoms with Crippen molar-refractivity contribution in [1.82, 2.24) is 5.32 Å². The second kappa shape index (κ2) is 7.31. The monoisotopic (exact) mass is 353 g/mol. The van der Waals surface area contributed by atoms with Crippen LogP contribution in [0.4, 0.5) is 8.78 Å². The number of hydrogen-bond donors (Lipinski definition) is 1. The topological polar surface area (TPSA) is 29.1 Å². The van der Waals surface area contributed by atoms with Crippen LogP contribution in [0, 0.1) is 11.6 Å². The Morgan fingerprint density at radius 1 is 1.10 bits per heavy atom. The molecule has 0 radical (unpaired) electrons. The second-order valence-corrected chi connectivity index (χ2v) is 5.47. The molecule has 1 N–H and O–H groups in total. The molecule has 0 aliphatic heterocycles. The van der Waals surface area contributed by atoms with Crippen LogP contribution in [-0.2, 0) is 17.6 Å². The minimum atomic E-state index is -0.411. The zero-order chi connectivity index (χ0) is 15.2. The number of benzene rings is 2. The van der Waals surface area contributed by atoms with Gasteiger partial charge in [-0.3, -0.25) is 4.79 Å². The lowest BCUT2D eigenvalue weighted by molar-refractivity contribution is -0.120. The molecule has 0 unspecified atom stereocenters. The van der Waals surface area contributed by atoms with Crippen molar-refractivity contribution >= 4 is 21.8 Å². The molecular formula is C16H14BrF2NO. The van der Waals surface area contributed by atoms with E-state index in [1.165, 1.54) is 12.1 Å². The van der Waals surface area contributed by atoms with E-state index >= 15 is 0 Å². The fourth-order valence-corrected chi connectivity index (χ4v) is 2.33. The summed E-state index contributed by atoms with van der Waals surface area (Å²) in [5.41, 5.74) is 1.29. The van der Waals surface area contributed by atoms with Crippen LogP contribution in [0.15, 0.2) is 46.9 Å². The molecule has 0 saturated heterocycles. The van der Waals surface area contributed by atoms with Crippen molar-refractivity contribution in [2.75, 3.05) is 6.54 Å². The van der Waals surface area contributed by atoms with E-state index in [9.17, 15) is 13.6 Å². The highest BCUT2D eigenvalue weighted by Gasteiger charge is 2.10. The number of carbonyl (C=O) groups is 1. The summed E-state index contributed by atoms with van der Waals surface area (Å²) in [5, 5.41) is 2.73. The fraction of sp³-hybridized carbons (Fsp3) is 0.188. The van der Waals surface area contributed by atoms with E-state index in [2.05, 4.69) is 21.2 Å². The van der Waals surface area contributed by atoms with Gasteiger partial charge in [0, 0.05) is 6.54 Å². The van der Waals surface area contributed by atoms with Crippen molar-refractivity contribution in [3.05, 3.63) is 69.7 Å². The smallest absolute Gasteiger partial charge is 0.224 e. The normalized spacial score (nSPS) is 10.4. The number of hydrogen-bond acceptors (Lipinski definition) is 1. The SMILES string of the molecule is O=C(Cc1cccc(Br)c1F)NCCc1ccc(F)cc1. The highest BCUT2D eigenvalue weighted by molar-refractivity contribution is 9.10. The van der Waals surface area contributed by atoms with Gasteiger partial charge in [-0.2, -0.15) is 0 Å². The molecule has 2 aromatic rings. The van der Waals surface area contributed by atoms with Gasteiger partial charge >= 0.3 is 0 Å². The van der Waals surface area contributed by atoms with E-state index < -0.39 is 5.82 Å². The van der Waals surface area contributed by atoms with Crippen molar-refractivity contribution in [3.8, 4) is 0 Å². The molecule has 0 fully saturated rings. The first-order chi connectivity index (χ1) is 10.1. The van der Waals surface area contributed by atoms with Crippen LogP contribution in [0.5, 0.6) is 0 Å². The van der Waals surface area contributed by atoms with Crippen LogP contribution in [0.1, 0.15) is 11.1 Å². The molecule has 0 aromatic heterocycles. The van der Waals surface area contributed by atoms with Crippen molar-refractivity contribution in [2.24, 2.45) is 0 Å². The van der Waals surface area contributed by atoms with Gasteiger partial charge in [-0.1, -0.05) is 24.3 Å². The number of amides is 1. The Morgan fingerprint density at radius 3 is 2.52 bits per heavy atom. The average Bonchev–Trinajstić information content (AvgIpc) is 2.46. The van der Waals surface area contributed by atoms with Gasteiger partial charge < -0.3 is 5.32 Å². The summed E-state index contributed by atoms with van der Waals surface area (Å²) in [6.45, 7) is 0.431. The first-order valence-electron chi connectivity index (χ1n) is 6.50. The van der Waals surface area contributed by atoms with Crippen LogP contribution < -0.4 is 5.32 Å². The third-order valence-electron chi connectivity index (χ3n) is 3.03. The first-order valence-corrected chi connectivity index (χ1v) is 7.29. The Labute approximate surface area is 130 Å². The summed E-state index contributed by atoms with van der Waals surface area (Å²) < 4.78 is 26.8. The Hall–Kier alpha value is -1.75. The Kier molecular flexibility index (Phi) is 5.44. The molecule has 0 bridgehead atoms. The predicted molar refractivity (Wildman–Crippen MR) is 80.9 cm³/mol. The van der Waals surface area contributed by atoms with E-state index in [1.807, 2.05) is 0 Å². The van der Waals surface area contributed by atoms with Gasteiger partial charge in [0.05, 0.1) is 10.9 Å². The zero-order valence-electron chi connectivity index (χ0n) is 11.2. The Bertz CT molecular complexity index is 629. The van der Waals surface area contributed by atoms with E-state index in [4.69, 9.17) is 0 Å². The lowest BCUT2D eigenvalue weighted by atomic mass is 10.1. The lowest BCUT2D eigenvalue weighted by Gasteiger charge is -2.07. The van der Waals surface area contributed by atoms with Crippen LogP contribution in [0.25, 0.3) is 0 Å². The average molecular weight is 354 g/mol. The van der Waals surface area contributed by atoms with Crippen LogP contribution >= 0.6 is 15.9 Å². The van der Waals surface area contributed by atoms with Gasteiger partial charge in [-0.15, -0.1) is 0 Å². The van der Waals surface area contributed by atoms with Crippen molar-refractivity contribution < 1.29 is 13.6 Å². The first kappa shape index (κ1) is 15.6. The van der Waals surface area contributed by atoms with Crippen molar-refractivity contribution in [1.29, 1.82) is 0 Å². The molecule has 0 aliphatic carbocycles. The Morgan fingerprint density at radius 2 is 1.81 bits per heavy atom. The molecular weight excluding hydrogens is 340 g/mol. The third kappa shape index (κ3) is 4.63. The number of halogens is 3. The van der Waals surface area contributed by atoms with Crippen LogP contribution in [-0.4, -0.2) is 12.5 Å². The summed E-state index contributed by atoms with van der Waals surface area (Å²) >= 11 is 3.09. The summed E-state index contributed by atoms with van der Waals surface area (Å²) in [5.74, 6) is -0.937. The number of rotatable bonds is 5. The molecule has 1 amide bonds. The van der Waals surface area contributed by atoms with Crippen molar-refractivity contribution in [2.45, 2.75) is 12.8 Å². The van der Waals surface area contributed by atoms with Crippen LogP contribution in [0.3, 0.4) is 0 Å². The molecule has 2 rings (SSSR count). The van der Waals surface area contributed by atoms with Gasteiger partial charge in [-0.05, 0) is 51.7 Å². The molecule has 0 heterocycles. The molecule has 21 heavy (non-hydrogen) atoms. The summed E-state index contributed by atoms with van der Waals surface area (Å²) in [7, 11) is 0. The van der Waals surface area contributed by atoms with E-state index in [-0.39, 0.29) is 18.1 Å². The standard InChI is InChI=1S/C16H14BrF2NO/c17-14-3-1-2-12(16(14)19)10-15(21)20-9-8-11-4-6-13(18)7-5-11/h1-7H,8-10H2,(H,20,21). The maximum absolute atomic E-state index is 13.7. The minimum Gasteiger partial charge on any atom is -0.355 e. The van der Waals surface area contributed by atoms with Gasteiger partial charge in [0.25, 0.3) is 0 Å². The molecule has 0 aliphatic rings. The van der Waals surface area contributed by atoms with Crippen molar-refractivity contribution in [3.63, 3.8) is 0 Å². The van der Waals surface area contributed by atoms with E-state index in [1.54, 1.807) is 30.3 Å². The van der Waals surface area contributed by atoms with Gasteiger partial charge in [-0.25, -0.2) is 8.78 Å². The highest BCUT2D eigenvalue weighted by Crippen LogP contribution is 2.18. The number of carbonyl (C=O) groups excluding carboxylic acids is 1. The lowest BCUT2D eigenvalue weighted by Crippen LogP contribution is -2.27. The molecule has 110 valence electrons. The zero-order valence-corrected chi connectivity index (χ0v) is 12.8. The summed E-state index contributed by atoms with van der Waals surface area (Å²) in [6, 6.07) is 11.0. The third-order valence-corrected chi connectivity index (χ3v) is 3.64. The number of nitrogens with one attached hydrogen (secondary N) is 1. The predicted octanol–water partition coefficient (Wildman–Crippen LogP) is 3.63. The maximum atomic E-state index is 13.7. The molecule has 5 heteroatoms. The minimum absolute atomic E-state index is 0.00527. The maximum Gasteiger partial charge on any atom is 0.224 e. The highest BCUT2D eigenvalue weighted by atomic mass is 79.9. The van der Waals surface area contributed by atoms with Crippen LogP contribution in [0.2, 0.25) is 0 Å². The van der Waals surface area contributed by atoms with Gasteiger partial charge in [0.15, 0.2) is 0 Å². The molecule has 0 spiro atoms. The fourth-order valence-electron chi connectivity index (χ4n) is 1.92. The van der Waals surface area contributed by atoms with E-state index in [0.29, 0.717) is 23.0 Å². The second-order valence-electron chi connectivity index (χ2n) is 4.62. The Balaban J connectivity index is 1.82. The molecule has 0 atom stereocenters. The molecule has 2 nitrogen and oxygen atoms in total. The summed E-state index contributed by atoms with van der Waals surface area (Å²) in [4.78, 5) is 11.8. The largest absolute Gasteiger partial charge is 0.355 e. The van der Waals surface area contributed by atoms with Gasteiger partial charge in [0.1, 0.15) is 11.6 Å². The quantitative estimate of drug-likeness (QED) is 0.873. The molecule has 2 aromatic carbocycles. The molecule has 0 saturated carbocycles.